The first kappa shape index (κ1) is 17.0. The molecule has 0 saturated carbocycles. The van der Waals surface area contributed by atoms with E-state index in [9.17, 15) is 0 Å². The van der Waals surface area contributed by atoms with E-state index in [1.54, 1.807) is 0 Å². The summed E-state index contributed by atoms with van der Waals surface area (Å²) in [7, 11) is 0. The van der Waals surface area contributed by atoms with Crippen LogP contribution in [0.1, 0.15) is 43.1 Å². The van der Waals surface area contributed by atoms with Gasteiger partial charge in [-0.15, -0.1) is 0 Å². The highest BCUT2D eigenvalue weighted by Crippen LogP contribution is 2.20. The topological polar surface area (TPSA) is 30.3 Å². The summed E-state index contributed by atoms with van der Waals surface area (Å²) in [5.41, 5.74) is 4.79. The van der Waals surface area contributed by atoms with Gasteiger partial charge in [0.1, 0.15) is 5.75 Å². The van der Waals surface area contributed by atoms with Gasteiger partial charge in [-0.2, -0.15) is 5.10 Å². The Labute approximate surface area is 145 Å². The molecule has 1 saturated heterocycles. The van der Waals surface area contributed by atoms with Crippen molar-refractivity contribution in [3.05, 3.63) is 41.2 Å². The number of likely N-dealkylation sites (tertiary alicyclic amines) is 1. The van der Waals surface area contributed by atoms with Gasteiger partial charge in [0.15, 0.2) is 0 Å². The van der Waals surface area contributed by atoms with Gasteiger partial charge in [0.25, 0.3) is 0 Å². The van der Waals surface area contributed by atoms with Crippen LogP contribution in [0.5, 0.6) is 5.75 Å². The van der Waals surface area contributed by atoms with E-state index in [1.165, 1.54) is 37.2 Å². The predicted octanol–water partition coefficient (Wildman–Crippen LogP) is 3.92. The van der Waals surface area contributed by atoms with Crippen LogP contribution in [0.3, 0.4) is 0 Å². The van der Waals surface area contributed by atoms with Crippen molar-refractivity contribution in [1.82, 2.24) is 14.7 Å². The van der Waals surface area contributed by atoms with Gasteiger partial charge in [-0.1, -0.05) is 6.92 Å². The van der Waals surface area contributed by atoms with Gasteiger partial charge in [0.2, 0.25) is 0 Å². The molecule has 2 aromatic rings. The quantitative estimate of drug-likeness (QED) is 0.722. The molecule has 0 amide bonds. The Morgan fingerprint density at radius 2 is 1.79 bits per heavy atom. The zero-order valence-corrected chi connectivity index (χ0v) is 15.2. The van der Waals surface area contributed by atoms with Crippen LogP contribution >= 0.6 is 0 Å². The second kappa shape index (κ2) is 7.84. The number of aryl methyl sites for hydroxylation is 1. The third kappa shape index (κ3) is 3.81. The molecule has 2 heterocycles. The van der Waals surface area contributed by atoms with Crippen molar-refractivity contribution in [1.29, 1.82) is 0 Å². The minimum Gasteiger partial charge on any atom is -0.494 e. The molecule has 0 N–H and O–H groups in total. The summed E-state index contributed by atoms with van der Waals surface area (Å²) in [5.74, 6) is 0.942. The average Bonchev–Trinajstić information content (AvgIpc) is 3.20. The van der Waals surface area contributed by atoms with E-state index < -0.39 is 0 Å². The van der Waals surface area contributed by atoms with Crippen LogP contribution in [0, 0.1) is 13.8 Å². The van der Waals surface area contributed by atoms with Gasteiger partial charge >= 0.3 is 0 Å². The highest BCUT2D eigenvalue weighted by Gasteiger charge is 2.12. The summed E-state index contributed by atoms with van der Waals surface area (Å²) >= 11 is 0. The maximum atomic E-state index is 5.88. The molecular formula is C20H29N3O. The molecule has 1 fully saturated rings. The maximum Gasteiger partial charge on any atom is 0.119 e. The van der Waals surface area contributed by atoms with Crippen LogP contribution in [-0.4, -0.2) is 40.9 Å². The molecule has 130 valence electrons. The summed E-state index contributed by atoms with van der Waals surface area (Å²) in [6.07, 6.45) is 4.83. The summed E-state index contributed by atoms with van der Waals surface area (Å²) in [6, 6.07) is 8.28. The minimum absolute atomic E-state index is 0.787. The van der Waals surface area contributed by atoms with Gasteiger partial charge in [0, 0.05) is 12.2 Å². The summed E-state index contributed by atoms with van der Waals surface area (Å²) in [5, 5.41) is 4.67. The van der Waals surface area contributed by atoms with Crippen molar-refractivity contribution in [2.75, 3.05) is 26.2 Å². The predicted molar refractivity (Wildman–Crippen MR) is 98.2 cm³/mol. The van der Waals surface area contributed by atoms with Crippen LogP contribution in [0.25, 0.3) is 5.69 Å². The second-order valence-corrected chi connectivity index (χ2v) is 6.66. The van der Waals surface area contributed by atoms with Gasteiger partial charge in [-0.25, -0.2) is 4.68 Å². The molecule has 1 aromatic carbocycles. The van der Waals surface area contributed by atoms with Crippen LogP contribution in [0.2, 0.25) is 0 Å². The lowest BCUT2D eigenvalue weighted by molar-refractivity contribution is 0.263. The lowest BCUT2D eigenvalue weighted by Gasteiger charge is -2.14. The molecule has 1 aromatic heterocycles. The lowest BCUT2D eigenvalue weighted by atomic mass is 10.1. The van der Waals surface area contributed by atoms with Crippen LogP contribution in [0.4, 0.5) is 0 Å². The molecule has 0 spiro atoms. The van der Waals surface area contributed by atoms with Gasteiger partial charge in [-0.3, -0.25) is 0 Å². The van der Waals surface area contributed by atoms with Crippen molar-refractivity contribution < 1.29 is 4.74 Å². The molecule has 0 unspecified atom stereocenters. The Morgan fingerprint density at radius 1 is 1.08 bits per heavy atom. The third-order valence-electron chi connectivity index (χ3n) is 4.96. The fraction of sp³-hybridized carbons (Fsp3) is 0.550. The number of aromatic nitrogens is 2. The van der Waals surface area contributed by atoms with Crippen molar-refractivity contribution in [2.45, 2.75) is 46.5 Å². The molecule has 1 aliphatic rings. The number of rotatable bonds is 7. The Bertz CT molecular complexity index is 654. The van der Waals surface area contributed by atoms with Crippen molar-refractivity contribution in [3.63, 3.8) is 0 Å². The molecule has 1 aliphatic heterocycles. The van der Waals surface area contributed by atoms with Gasteiger partial charge in [0.05, 0.1) is 18.0 Å². The normalized spacial score (nSPS) is 15.1. The zero-order chi connectivity index (χ0) is 16.9. The fourth-order valence-electron chi connectivity index (χ4n) is 3.61. The molecule has 4 heteroatoms. The van der Waals surface area contributed by atoms with Crippen LogP contribution in [-0.2, 0) is 6.42 Å². The number of hydrogen-bond acceptors (Lipinski definition) is 3. The molecule has 0 bridgehead atoms. The van der Waals surface area contributed by atoms with E-state index in [1.807, 2.05) is 16.8 Å². The number of benzene rings is 1. The highest BCUT2D eigenvalue weighted by atomic mass is 16.5. The minimum atomic E-state index is 0.787. The molecule has 4 nitrogen and oxygen atoms in total. The van der Waals surface area contributed by atoms with Crippen molar-refractivity contribution in [3.8, 4) is 11.4 Å². The van der Waals surface area contributed by atoms with E-state index in [2.05, 4.69) is 42.9 Å². The van der Waals surface area contributed by atoms with E-state index in [4.69, 9.17) is 4.74 Å². The standard InChI is InChI=1S/C20H29N3O/c1-4-20-16(2)21-23(17(20)3)18-8-10-19(11-9-18)24-15-7-14-22-12-5-6-13-22/h8-11H,4-7,12-15H2,1-3H3. The third-order valence-corrected chi connectivity index (χ3v) is 4.96. The SMILES string of the molecule is CCc1c(C)nn(-c2ccc(OCCCN3CCCC3)cc2)c1C. The first-order valence-corrected chi connectivity index (χ1v) is 9.19. The summed E-state index contributed by atoms with van der Waals surface area (Å²) in [6.45, 7) is 10.9. The number of hydrogen-bond donors (Lipinski definition) is 0. The van der Waals surface area contributed by atoms with E-state index >= 15 is 0 Å². The second-order valence-electron chi connectivity index (χ2n) is 6.66. The van der Waals surface area contributed by atoms with Crippen molar-refractivity contribution in [2.24, 2.45) is 0 Å². The monoisotopic (exact) mass is 327 g/mol. The maximum absolute atomic E-state index is 5.88. The Balaban J connectivity index is 1.55. The lowest BCUT2D eigenvalue weighted by Crippen LogP contribution is -2.21. The fourth-order valence-corrected chi connectivity index (χ4v) is 3.61. The molecule has 24 heavy (non-hydrogen) atoms. The van der Waals surface area contributed by atoms with Gasteiger partial charge in [-0.05, 0) is 82.4 Å². The van der Waals surface area contributed by atoms with Crippen LogP contribution in [0.15, 0.2) is 24.3 Å². The van der Waals surface area contributed by atoms with Crippen LogP contribution < -0.4 is 4.74 Å². The molecule has 0 atom stereocenters. The molecular weight excluding hydrogens is 298 g/mol. The number of ether oxygens (including phenoxy) is 1. The zero-order valence-electron chi connectivity index (χ0n) is 15.2. The van der Waals surface area contributed by atoms with Crippen molar-refractivity contribution >= 4 is 0 Å². The average molecular weight is 327 g/mol. The van der Waals surface area contributed by atoms with E-state index in [-0.39, 0.29) is 0 Å². The largest absolute Gasteiger partial charge is 0.494 e. The Kier molecular flexibility index (Phi) is 5.56. The summed E-state index contributed by atoms with van der Waals surface area (Å²) in [4.78, 5) is 2.53. The summed E-state index contributed by atoms with van der Waals surface area (Å²) < 4.78 is 7.91. The first-order valence-electron chi connectivity index (χ1n) is 9.19. The smallest absolute Gasteiger partial charge is 0.119 e. The Morgan fingerprint density at radius 3 is 2.42 bits per heavy atom. The highest BCUT2D eigenvalue weighted by molar-refractivity contribution is 5.40. The Hall–Kier alpha value is -1.81. The van der Waals surface area contributed by atoms with Gasteiger partial charge < -0.3 is 9.64 Å². The molecule has 3 rings (SSSR count). The first-order chi connectivity index (χ1) is 11.7. The van der Waals surface area contributed by atoms with E-state index in [0.29, 0.717) is 0 Å². The van der Waals surface area contributed by atoms with E-state index in [0.717, 1.165) is 43.1 Å². The number of nitrogens with zero attached hydrogens (tertiary/aromatic N) is 3. The molecule has 0 aliphatic carbocycles. The molecule has 0 radical (unpaired) electrons.